The van der Waals surface area contributed by atoms with E-state index in [1.54, 1.807) is 4.90 Å². The molecule has 0 unspecified atom stereocenters. The third-order valence-electron chi connectivity index (χ3n) is 6.38. The number of para-hydroxylation sites is 1. The van der Waals surface area contributed by atoms with Crippen LogP contribution in [0.25, 0.3) is 10.9 Å². The number of fused-ring (bicyclic) bond motifs is 2. The van der Waals surface area contributed by atoms with Gasteiger partial charge < -0.3 is 9.88 Å². The molecule has 4 aromatic rings. The summed E-state index contributed by atoms with van der Waals surface area (Å²) in [6.07, 6.45) is 2.87. The molecule has 3 N–H and O–H groups in total. The number of amides is 3. The van der Waals surface area contributed by atoms with Crippen molar-refractivity contribution in [3.63, 3.8) is 0 Å². The SMILES string of the molecule is O=C(CCc1ccccc1)NNC(=O)CCN1C(=O)c2ccccc2[C@@H]1c1c[nH]c2ccccc12. The Morgan fingerprint density at radius 1 is 0.800 bits per heavy atom. The van der Waals surface area contributed by atoms with Crippen LogP contribution in [0.1, 0.15) is 45.9 Å². The minimum Gasteiger partial charge on any atom is -0.361 e. The second-order valence-corrected chi connectivity index (χ2v) is 8.61. The zero-order valence-electron chi connectivity index (χ0n) is 19.2. The Labute approximate surface area is 203 Å². The van der Waals surface area contributed by atoms with E-state index in [1.807, 2.05) is 85.1 Å². The van der Waals surface area contributed by atoms with Gasteiger partial charge in [-0.2, -0.15) is 0 Å². The predicted octanol–water partition coefficient (Wildman–Crippen LogP) is 3.88. The normalized spacial score (nSPS) is 14.7. The molecular weight excluding hydrogens is 440 g/mol. The van der Waals surface area contributed by atoms with Crippen molar-refractivity contribution in [1.82, 2.24) is 20.7 Å². The highest BCUT2D eigenvalue weighted by molar-refractivity contribution is 6.01. The molecule has 0 saturated carbocycles. The van der Waals surface area contributed by atoms with Crippen molar-refractivity contribution in [1.29, 1.82) is 0 Å². The first-order valence-corrected chi connectivity index (χ1v) is 11.7. The van der Waals surface area contributed by atoms with Crippen molar-refractivity contribution in [2.75, 3.05) is 6.54 Å². The lowest BCUT2D eigenvalue weighted by molar-refractivity contribution is -0.129. The quantitative estimate of drug-likeness (QED) is 0.361. The van der Waals surface area contributed by atoms with Gasteiger partial charge >= 0.3 is 0 Å². The Hall–Kier alpha value is -4.39. The smallest absolute Gasteiger partial charge is 0.255 e. The summed E-state index contributed by atoms with van der Waals surface area (Å²) < 4.78 is 0. The monoisotopic (exact) mass is 466 g/mol. The van der Waals surface area contributed by atoms with Crippen LogP contribution in [0.5, 0.6) is 0 Å². The van der Waals surface area contributed by atoms with Crippen LogP contribution in [0.2, 0.25) is 0 Å². The van der Waals surface area contributed by atoms with E-state index in [-0.39, 0.29) is 43.1 Å². The van der Waals surface area contributed by atoms with Crippen molar-refractivity contribution in [2.45, 2.75) is 25.3 Å². The van der Waals surface area contributed by atoms with Crippen LogP contribution in [0, 0.1) is 0 Å². The summed E-state index contributed by atoms with van der Waals surface area (Å²) in [7, 11) is 0. The lowest BCUT2D eigenvalue weighted by Crippen LogP contribution is -2.43. The van der Waals surface area contributed by atoms with E-state index in [2.05, 4.69) is 15.8 Å². The first-order valence-electron chi connectivity index (χ1n) is 11.7. The van der Waals surface area contributed by atoms with Gasteiger partial charge in [-0.05, 0) is 29.7 Å². The summed E-state index contributed by atoms with van der Waals surface area (Å²) in [5.41, 5.74) is 9.57. The fourth-order valence-corrected chi connectivity index (χ4v) is 4.65. The average Bonchev–Trinajstić information content (AvgIpc) is 3.44. The lowest BCUT2D eigenvalue weighted by atomic mass is 9.97. The maximum Gasteiger partial charge on any atom is 0.255 e. The largest absolute Gasteiger partial charge is 0.361 e. The molecule has 0 aliphatic carbocycles. The minimum atomic E-state index is -0.348. The van der Waals surface area contributed by atoms with Crippen molar-refractivity contribution < 1.29 is 14.4 Å². The average molecular weight is 467 g/mol. The highest BCUT2D eigenvalue weighted by Crippen LogP contribution is 2.41. The van der Waals surface area contributed by atoms with Gasteiger partial charge in [0, 0.05) is 47.6 Å². The molecule has 1 aliphatic rings. The molecule has 176 valence electrons. The van der Waals surface area contributed by atoms with E-state index in [0.717, 1.165) is 27.6 Å². The van der Waals surface area contributed by atoms with Gasteiger partial charge in [-0.25, -0.2) is 0 Å². The molecule has 0 saturated heterocycles. The number of hydrazine groups is 1. The number of carbonyl (C=O) groups is 3. The molecule has 1 aliphatic heterocycles. The van der Waals surface area contributed by atoms with Crippen LogP contribution in [-0.4, -0.2) is 34.2 Å². The topological polar surface area (TPSA) is 94.3 Å². The van der Waals surface area contributed by atoms with Crippen LogP contribution in [0.15, 0.2) is 85.1 Å². The zero-order valence-corrected chi connectivity index (χ0v) is 19.2. The van der Waals surface area contributed by atoms with Crippen molar-refractivity contribution >= 4 is 28.6 Å². The standard InChI is InChI=1S/C28H26N4O3/c33-25(15-14-19-8-2-1-3-9-19)30-31-26(34)16-17-32-27(21-11-4-5-12-22(21)28(32)35)23-18-29-24-13-7-6-10-20(23)24/h1-13,18,27,29H,14-17H2,(H,30,33)(H,31,34)/t27-/m1/s1. The molecule has 7 heteroatoms. The third kappa shape index (κ3) is 4.66. The predicted molar refractivity (Wildman–Crippen MR) is 133 cm³/mol. The highest BCUT2D eigenvalue weighted by Gasteiger charge is 2.38. The molecular formula is C28H26N4O3. The zero-order chi connectivity index (χ0) is 24.2. The number of rotatable bonds is 7. The van der Waals surface area contributed by atoms with Crippen molar-refractivity contribution in [3.05, 3.63) is 107 Å². The van der Waals surface area contributed by atoms with Gasteiger partial charge in [0.2, 0.25) is 11.8 Å². The molecule has 7 nitrogen and oxygen atoms in total. The third-order valence-corrected chi connectivity index (χ3v) is 6.38. The van der Waals surface area contributed by atoms with Crippen molar-refractivity contribution in [2.24, 2.45) is 0 Å². The fourth-order valence-electron chi connectivity index (χ4n) is 4.65. The summed E-state index contributed by atoms with van der Waals surface area (Å²) in [4.78, 5) is 42.9. The van der Waals surface area contributed by atoms with E-state index in [9.17, 15) is 14.4 Å². The van der Waals surface area contributed by atoms with Crippen LogP contribution in [-0.2, 0) is 16.0 Å². The number of aromatic nitrogens is 1. The van der Waals surface area contributed by atoms with Gasteiger partial charge in [-0.1, -0.05) is 66.7 Å². The number of benzene rings is 3. The van der Waals surface area contributed by atoms with Gasteiger partial charge in [0.1, 0.15) is 0 Å². The molecule has 3 aromatic carbocycles. The number of carbonyl (C=O) groups excluding carboxylic acids is 3. The molecule has 0 spiro atoms. The van der Waals surface area contributed by atoms with Gasteiger partial charge in [0.15, 0.2) is 0 Å². The maximum absolute atomic E-state index is 13.3. The number of nitrogens with one attached hydrogen (secondary N) is 3. The molecule has 1 atom stereocenters. The number of hydrogen-bond acceptors (Lipinski definition) is 3. The Morgan fingerprint density at radius 2 is 1.49 bits per heavy atom. The Balaban J connectivity index is 1.23. The first kappa shape index (κ1) is 22.4. The highest BCUT2D eigenvalue weighted by atomic mass is 16.2. The van der Waals surface area contributed by atoms with E-state index in [0.29, 0.717) is 12.0 Å². The number of aromatic amines is 1. The van der Waals surface area contributed by atoms with E-state index in [4.69, 9.17) is 0 Å². The van der Waals surface area contributed by atoms with Gasteiger partial charge in [-0.3, -0.25) is 25.2 Å². The molecule has 35 heavy (non-hydrogen) atoms. The molecule has 5 rings (SSSR count). The Bertz CT molecular complexity index is 1380. The summed E-state index contributed by atoms with van der Waals surface area (Å²) in [6.45, 7) is 0.226. The number of hydrogen-bond donors (Lipinski definition) is 3. The molecule has 0 fully saturated rings. The molecule has 0 radical (unpaired) electrons. The fraction of sp³-hybridized carbons (Fsp3) is 0.179. The Morgan fingerprint density at radius 3 is 2.31 bits per heavy atom. The minimum absolute atomic E-state index is 0.0670. The van der Waals surface area contributed by atoms with Crippen LogP contribution in [0.3, 0.4) is 0 Å². The van der Waals surface area contributed by atoms with Crippen molar-refractivity contribution in [3.8, 4) is 0 Å². The summed E-state index contributed by atoms with van der Waals surface area (Å²) in [6, 6.07) is 24.9. The molecule has 1 aromatic heterocycles. The number of H-pyrrole nitrogens is 1. The number of aryl methyl sites for hydroxylation is 1. The van der Waals surface area contributed by atoms with E-state index >= 15 is 0 Å². The second-order valence-electron chi connectivity index (χ2n) is 8.61. The first-order chi connectivity index (χ1) is 17.1. The summed E-state index contributed by atoms with van der Waals surface area (Å²) in [5, 5.41) is 1.04. The number of nitrogens with zero attached hydrogens (tertiary/aromatic N) is 1. The van der Waals surface area contributed by atoms with Crippen LogP contribution in [0.4, 0.5) is 0 Å². The van der Waals surface area contributed by atoms with Crippen LogP contribution >= 0.6 is 0 Å². The summed E-state index contributed by atoms with van der Waals surface area (Å²) in [5.74, 6) is -0.710. The van der Waals surface area contributed by atoms with E-state index in [1.165, 1.54) is 0 Å². The van der Waals surface area contributed by atoms with Crippen LogP contribution < -0.4 is 10.9 Å². The Kier molecular flexibility index (Phi) is 6.30. The maximum atomic E-state index is 13.3. The van der Waals surface area contributed by atoms with Gasteiger partial charge in [0.25, 0.3) is 5.91 Å². The lowest BCUT2D eigenvalue weighted by Gasteiger charge is -2.25. The molecule has 0 bridgehead atoms. The van der Waals surface area contributed by atoms with E-state index < -0.39 is 0 Å². The van der Waals surface area contributed by atoms with Gasteiger partial charge in [0.05, 0.1) is 6.04 Å². The molecule has 3 amide bonds. The second kappa shape index (κ2) is 9.85. The molecule has 2 heterocycles. The summed E-state index contributed by atoms with van der Waals surface area (Å²) >= 11 is 0. The van der Waals surface area contributed by atoms with Gasteiger partial charge in [-0.15, -0.1) is 0 Å².